The van der Waals surface area contributed by atoms with Gasteiger partial charge in [-0.25, -0.2) is 4.79 Å². The number of hydrogen-bond acceptors (Lipinski definition) is 3. The van der Waals surface area contributed by atoms with E-state index in [1.165, 1.54) is 0 Å². The summed E-state index contributed by atoms with van der Waals surface area (Å²) in [5.74, 6) is -0.223. The van der Waals surface area contributed by atoms with Crippen molar-refractivity contribution in [1.82, 2.24) is 15.1 Å². The lowest BCUT2D eigenvalue weighted by Gasteiger charge is -2.04. The summed E-state index contributed by atoms with van der Waals surface area (Å²) in [6, 6.07) is -0.578. The van der Waals surface area contributed by atoms with Crippen LogP contribution < -0.4 is 10.6 Å². The molecule has 2 N–H and O–H groups in total. The molecule has 0 spiro atoms. The van der Waals surface area contributed by atoms with Crippen LogP contribution in [0.5, 0.6) is 0 Å². The number of rotatable bonds is 3. The Labute approximate surface area is 98.0 Å². The van der Waals surface area contributed by atoms with E-state index < -0.39 is 11.9 Å². The molecule has 1 rings (SSSR count). The van der Waals surface area contributed by atoms with Crippen LogP contribution in [-0.2, 0) is 11.8 Å². The molecule has 0 aliphatic heterocycles. The van der Waals surface area contributed by atoms with Gasteiger partial charge in [0, 0.05) is 25.5 Å². The van der Waals surface area contributed by atoms with Crippen molar-refractivity contribution in [2.45, 2.75) is 13.3 Å². The third-order valence-corrected chi connectivity index (χ3v) is 2.03. The van der Waals surface area contributed by atoms with Crippen LogP contribution in [0.4, 0.5) is 10.5 Å². The number of carbonyl (C=O) groups excluding carboxylic acids is 2. The van der Waals surface area contributed by atoms with Crippen LogP contribution in [0.2, 0.25) is 0 Å². The smallest absolute Gasteiger partial charge is 0.304 e. The molecule has 0 unspecified atom stereocenters. The number of halogens is 1. The number of urea groups is 1. The van der Waals surface area contributed by atoms with E-state index in [4.69, 9.17) is 11.6 Å². The van der Waals surface area contributed by atoms with Crippen molar-refractivity contribution in [2.24, 2.45) is 7.05 Å². The van der Waals surface area contributed by atoms with Gasteiger partial charge in [0.05, 0.1) is 11.4 Å². The van der Waals surface area contributed by atoms with Gasteiger partial charge in [0.1, 0.15) is 0 Å². The number of imide groups is 1. The maximum atomic E-state index is 11.3. The van der Waals surface area contributed by atoms with E-state index in [1.807, 2.05) is 0 Å². The van der Waals surface area contributed by atoms with Crippen molar-refractivity contribution < 1.29 is 9.59 Å². The predicted octanol–water partition coefficient (Wildman–Crippen LogP) is 1.01. The third-order valence-electron chi connectivity index (χ3n) is 1.84. The van der Waals surface area contributed by atoms with Gasteiger partial charge in [0.2, 0.25) is 5.91 Å². The zero-order chi connectivity index (χ0) is 12.1. The highest BCUT2D eigenvalue weighted by Gasteiger charge is 2.10. The Morgan fingerprint density at radius 3 is 2.75 bits per heavy atom. The first-order chi connectivity index (χ1) is 7.52. The standard InChI is InChI=1S/C9H13ClN4O2/c1-6-7(5-14(2)13-6)11-9(16)12-8(15)3-4-10/h5H,3-4H2,1-2H3,(H2,11,12,15,16). The molecular weight excluding hydrogens is 232 g/mol. The van der Waals surface area contributed by atoms with Crippen molar-refractivity contribution in [3.05, 3.63) is 11.9 Å². The van der Waals surface area contributed by atoms with E-state index in [1.54, 1.807) is 24.9 Å². The van der Waals surface area contributed by atoms with Crippen LogP contribution in [0.25, 0.3) is 0 Å². The van der Waals surface area contributed by atoms with E-state index in [2.05, 4.69) is 15.7 Å². The number of nitrogens with zero attached hydrogens (tertiary/aromatic N) is 2. The molecule has 0 saturated carbocycles. The highest BCUT2D eigenvalue weighted by atomic mass is 35.5. The van der Waals surface area contributed by atoms with Crippen LogP contribution in [0.3, 0.4) is 0 Å². The minimum atomic E-state index is -0.578. The first kappa shape index (κ1) is 12.5. The number of aryl methyl sites for hydroxylation is 2. The lowest BCUT2D eigenvalue weighted by molar-refractivity contribution is -0.119. The van der Waals surface area contributed by atoms with Crippen molar-refractivity contribution in [3.8, 4) is 0 Å². The Morgan fingerprint density at radius 2 is 2.25 bits per heavy atom. The molecule has 7 heteroatoms. The number of hydrogen-bond donors (Lipinski definition) is 2. The van der Waals surface area contributed by atoms with Crippen LogP contribution >= 0.6 is 11.6 Å². The molecule has 88 valence electrons. The Kier molecular flexibility index (Phi) is 4.30. The number of nitrogens with one attached hydrogen (secondary N) is 2. The van der Waals surface area contributed by atoms with Gasteiger partial charge in [-0.3, -0.25) is 14.8 Å². The predicted molar refractivity (Wildman–Crippen MR) is 60.4 cm³/mol. The zero-order valence-corrected chi connectivity index (χ0v) is 9.84. The maximum Gasteiger partial charge on any atom is 0.325 e. The quantitative estimate of drug-likeness (QED) is 0.779. The number of alkyl halides is 1. The molecule has 6 nitrogen and oxygen atoms in total. The topological polar surface area (TPSA) is 76.0 Å². The van der Waals surface area contributed by atoms with E-state index in [0.29, 0.717) is 11.4 Å². The van der Waals surface area contributed by atoms with Gasteiger partial charge in [-0.05, 0) is 6.92 Å². The molecule has 0 atom stereocenters. The second-order valence-electron chi connectivity index (χ2n) is 3.24. The summed E-state index contributed by atoms with van der Waals surface area (Å²) in [5, 5.41) is 8.73. The van der Waals surface area contributed by atoms with Crippen molar-refractivity contribution >= 4 is 29.2 Å². The largest absolute Gasteiger partial charge is 0.325 e. The Balaban J connectivity index is 2.52. The van der Waals surface area contributed by atoms with Crippen molar-refractivity contribution in [3.63, 3.8) is 0 Å². The van der Waals surface area contributed by atoms with Crippen molar-refractivity contribution in [1.29, 1.82) is 0 Å². The summed E-state index contributed by atoms with van der Waals surface area (Å²) in [6.07, 6.45) is 1.77. The Hall–Kier alpha value is -1.56. The molecule has 16 heavy (non-hydrogen) atoms. The Morgan fingerprint density at radius 1 is 1.56 bits per heavy atom. The van der Waals surface area contributed by atoms with Crippen molar-refractivity contribution in [2.75, 3.05) is 11.2 Å². The SMILES string of the molecule is Cc1nn(C)cc1NC(=O)NC(=O)CCCl. The molecular formula is C9H13ClN4O2. The fourth-order valence-electron chi connectivity index (χ4n) is 1.15. The van der Waals surface area contributed by atoms with Gasteiger partial charge in [0.15, 0.2) is 0 Å². The fourth-order valence-corrected chi connectivity index (χ4v) is 1.32. The monoisotopic (exact) mass is 244 g/mol. The number of carbonyl (C=O) groups is 2. The average Bonchev–Trinajstić information content (AvgIpc) is 2.44. The Bertz CT molecular complexity index is 402. The second kappa shape index (κ2) is 5.50. The number of anilines is 1. The molecule has 3 amide bonds. The zero-order valence-electron chi connectivity index (χ0n) is 9.08. The lowest BCUT2D eigenvalue weighted by atomic mass is 10.4. The minimum Gasteiger partial charge on any atom is -0.304 e. The molecule has 0 saturated heterocycles. The van der Waals surface area contributed by atoms with Gasteiger partial charge >= 0.3 is 6.03 Å². The number of amides is 3. The fraction of sp³-hybridized carbons (Fsp3) is 0.444. The average molecular weight is 245 g/mol. The van der Waals surface area contributed by atoms with E-state index in [0.717, 1.165) is 0 Å². The molecule has 1 aromatic heterocycles. The third kappa shape index (κ3) is 3.54. The van der Waals surface area contributed by atoms with Crippen LogP contribution in [0.1, 0.15) is 12.1 Å². The normalized spacial score (nSPS) is 9.94. The summed E-state index contributed by atoms with van der Waals surface area (Å²) in [7, 11) is 1.74. The van der Waals surface area contributed by atoms with Gasteiger partial charge in [-0.1, -0.05) is 0 Å². The molecule has 0 aromatic carbocycles. The van der Waals surface area contributed by atoms with Crippen LogP contribution in [0, 0.1) is 6.92 Å². The minimum absolute atomic E-state index is 0.112. The van der Waals surface area contributed by atoms with E-state index in [9.17, 15) is 9.59 Å². The highest BCUT2D eigenvalue weighted by molar-refractivity contribution is 6.19. The molecule has 0 bridgehead atoms. The number of aromatic nitrogens is 2. The molecule has 0 radical (unpaired) electrons. The van der Waals surface area contributed by atoms with E-state index >= 15 is 0 Å². The van der Waals surface area contributed by atoms with Gasteiger partial charge < -0.3 is 5.32 Å². The molecule has 1 aromatic rings. The van der Waals surface area contributed by atoms with Crippen LogP contribution in [0.15, 0.2) is 6.20 Å². The first-order valence-electron chi connectivity index (χ1n) is 4.70. The summed E-state index contributed by atoms with van der Waals surface area (Å²) in [6.45, 7) is 1.76. The lowest BCUT2D eigenvalue weighted by Crippen LogP contribution is -2.34. The summed E-state index contributed by atoms with van der Waals surface area (Å²) >= 11 is 5.36. The molecule has 0 aliphatic rings. The second-order valence-corrected chi connectivity index (χ2v) is 3.62. The summed E-state index contributed by atoms with van der Waals surface area (Å²) < 4.78 is 1.57. The summed E-state index contributed by atoms with van der Waals surface area (Å²) in [5.41, 5.74) is 1.25. The molecule has 0 aliphatic carbocycles. The summed E-state index contributed by atoms with van der Waals surface area (Å²) in [4.78, 5) is 22.4. The van der Waals surface area contributed by atoms with Gasteiger partial charge in [-0.2, -0.15) is 5.10 Å². The highest BCUT2D eigenvalue weighted by Crippen LogP contribution is 2.10. The van der Waals surface area contributed by atoms with E-state index in [-0.39, 0.29) is 12.3 Å². The van der Waals surface area contributed by atoms with Gasteiger partial charge in [0.25, 0.3) is 0 Å². The molecule has 0 fully saturated rings. The van der Waals surface area contributed by atoms with Crippen LogP contribution in [-0.4, -0.2) is 27.6 Å². The molecule has 1 heterocycles. The van der Waals surface area contributed by atoms with Gasteiger partial charge in [-0.15, -0.1) is 11.6 Å². The maximum absolute atomic E-state index is 11.3. The first-order valence-corrected chi connectivity index (χ1v) is 5.23.